The van der Waals surface area contributed by atoms with Crippen molar-refractivity contribution in [2.75, 3.05) is 10.6 Å². The number of carboxylic acids is 1. The van der Waals surface area contributed by atoms with Gasteiger partial charge in [0.05, 0.1) is 39.7 Å². The van der Waals surface area contributed by atoms with Crippen molar-refractivity contribution in [1.82, 2.24) is 19.9 Å². The number of aromatic nitrogens is 4. The number of H-pyrrole nitrogens is 2. The predicted molar refractivity (Wildman–Crippen MR) is 458 cm³/mol. The molecule has 5 heterocycles. The second-order valence-corrected chi connectivity index (χ2v) is 31.4. The minimum Gasteiger partial charge on any atom is -0.481 e. The molecule has 3 atom stereocenters. The van der Waals surface area contributed by atoms with Crippen molar-refractivity contribution in [2.24, 2.45) is 23.2 Å². The fourth-order valence-electron chi connectivity index (χ4n) is 17.4. The Morgan fingerprint density at radius 1 is 0.541 bits per heavy atom. The third-order valence-electron chi connectivity index (χ3n) is 23.6. The normalized spacial score (nSPS) is 18.2. The monoisotopic (exact) mass is 1470 g/mol. The van der Waals surface area contributed by atoms with Crippen molar-refractivity contribution >= 4 is 91.2 Å². The molecule has 0 saturated heterocycles. The molecule has 2 aliphatic heterocycles. The number of ketones is 2. The first-order valence-corrected chi connectivity index (χ1v) is 39.4. The largest absolute Gasteiger partial charge is 0.481 e. The van der Waals surface area contributed by atoms with Crippen LogP contribution in [-0.2, 0) is 17.6 Å². The van der Waals surface area contributed by atoms with Gasteiger partial charge >= 0.3 is 5.97 Å². The van der Waals surface area contributed by atoms with Gasteiger partial charge in [0.2, 0.25) is 0 Å². The maximum Gasteiger partial charge on any atom is 0.307 e. The summed E-state index contributed by atoms with van der Waals surface area (Å²) in [4.78, 5) is 87.4. The summed E-state index contributed by atoms with van der Waals surface area (Å²) in [5.41, 5.74) is 31.9. The molecule has 10 bridgehead atoms. The van der Waals surface area contributed by atoms with Crippen molar-refractivity contribution in [3.05, 3.63) is 300 Å². The lowest BCUT2D eigenvalue weighted by Gasteiger charge is -2.32. The summed E-state index contributed by atoms with van der Waals surface area (Å²) < 4.78 is 0. The van der Waals surface area contributed by atoms with Crippen molar-refractivity contribution < 1.29 is 29.1 Å². The molecule has 12 heteroatoms. The van der Waals surface area contributed by atoms with Crippen LogP contribution in [-0.4, -0.2) is 54.4 Å². The summed E-state index contributed by atoms with van der Waals surface area (Å²) in [5, 5.41) is 16.2. The zero-order valence-electron chi connectivity index (χ0n) is 66.9. The molecule has 0 radical (unpaired) electrons. The lowest BCUT2D eigenvalue weighted by atomic mass is 9.72. The number of Topliss-reactive ketones (excluding diaryl/α,β-unsaturated/α-hetero) is 2. The molecule has 7 aromatic rings. The van der Waals surface area contributed by atoms with Crippen LogP contribution in [0.2, 0.25) is 0 Å². The first kappa shape index (κ1) is 77.5. The second-order valence-electron chi connectivity index (χ2n) is 31.4. The molecular weight excluding hydrogens is 1370 g/mol. The third kappa shape index (κ3) is 15.7. The molecule has 5 N–H and O–H groups in total. The summed E-state index contributed by atoms with van der Waals surface area (Å²) in [6.45, 7) is 32.8. The van der Waals surface area contributed by atoms with Crippen LogP contribution in [0.25, 0.3) is 72.7 Å². The maximum absolute atomic E-state index is 14.2. The molecule has 6 aliphatic rings. The Hall–Kier alpha value is -11.6. The number of benzene rings is 4. The van der Waals surface area contributed by atoms with E-state index in [0.717, 1.165) is 142 Å². The van der Waals surface area contributed by atoms with Crippen molar-refractivity contribution in [2.45, 2.75) is 162 Å². The van der Waals surface area contributed by atoms with E-state index in [4.69, 9.17) is 9.97 Å². The van der Waals surface area contributed by atoms with E-state index < -0.39 is 23.7 Å². The van der Waals surface area contributed by atoms with Gasteiger partial charge in [0.25, 0.3) is 11.8 Å². The number of hydrogen-bond donors (Lipinski definition) is 5. The Bertz CT molecular complexity index is 5650. The Labute approximate surface area is 653 Å². The number of aliphatic carboxylic acids is 1. The highest BCUT2D eigenvalue weighted by molar-refractivity contribution is 6.29. The molecule has 0 spiro atoms. The van der Waals surface area contributed by atoms with E-state index in [1.807, 2.05) is 60.7 Å². The lowest BCUT2D eigenvalue weighted by molar-refractivity contribution is -0.142. The van der Waals surface area contributed by atoms with E-state index >= 15 is 0 Å². The van der Waals surface area contributed by atoms with Crippen LogP contribution in [0.1, 0.15) is 227 Å². The molecule has 2 amide bonds. The number of aromatic amines is 2. The van der Waals surface area contributed by atoms with Crippen LogP contribution in [0.5, 0.6) is 0 Å². The molecule has 564 valence electrons. The smallest absolute Gasteiger partial charge is 0.307 e. The van der Waals surface area contributed by atoms with Crippen molar-refractivity contribution in [3.8, 4) is 22.3 Å². The van der Waals surface area contributed by atoms with Gasteiger partial charge in [-0.3, -0.25) is 24.0 Å². The van der Waals surface area contributed by atoms with Crippen LogP contribution in [0.3, 0.4) is 0 Å². The molecule has 4 aliphatic carbocycles. The van der Waals surface area contributed by atoms with Crippen LogP contribution in [0, 0.1) is 37.0 Å². The van der Waals surface area contributed by atoms with E-state index in [-0.39, 0.29) is 45.5 Å². The molecule has 1 fully saturated rings. The number of hydrogen-bond acceptors (Lipinski definition) is 7. The summed E-state index contributed by atoms with van der Waals surface area (Å²) in [6, 6.07) is 32.5. The van der Waals surface area contributed by atoms with Gasteiger partial charge in [-0.25, -0.2) is 9.97 Å². The average Bonchev–Trinajstić information content (AvgIpc) is 1.39. The van der Waals surface area contributed by atoms with Gasteiger partial charge < -0.3 is 25.7 Å². The van der Waals surface area contributed by atoms with E-state index in [2.05, 4.69) is 234 Å². The highest BCUT2D eigenvalue weighted by atomic mass is 16.4. The van der Waals surface area contributed by atoms with Crippen molar-refractivity contribution in [1.29, 1.82) is 0 Å². The highest BCUT2D eigenvalue weighted by Crippen LogP contribution is 2.56. The van der Waals surface area contributed by atoms with Gasteiger partial charge in [0.15, 0.2) is 11.6 Å². The molecule has 12 nitrogen and oxygen atoms in total. The molecular formula is C99H102N6O6. The number of allylic oxidation sites excluding steroid dienone is 25. The molecule has 3 aromatic heterocycles. The molecule has 1 saturated carbocycles. The van der Waals surface area contributed by atoms with Crippen LogP contribution in [0.15, 0.2) is 227 Å². The number of carbonyl (C=O) groups excluding carboxylic acids is 4. The van der Waals surface area contributed by atoms with Gasteiger partial charge in [0.1, 0.15) is 0 Å². The highest BCUT2D eigenvalue weighted by Gasteiger charge is 2.54. The van der Waals surface area contributed by atoms with Gasteiger partial charge in [0, 0.05) is 72.9 Å². The molecule has 3 unspecified atom stereocenters. The second kappa shape index (κ2) is 32.5. The lowest BCUT2D eigenvalue weighted by Crippen LogP contribution is -2.32. The molecule has 111 heavy (non-hydrogen) atoms. The number of nitrogens with zero attached hydrogens (tertiary/aromatic N) is 2. The van der Waals surface area contributed by atoms with E-state index in [0.29, 0.717) is 47.3 Å². The SMILES string of the molecule is CCC1=C(C)c2cc3[nH]c(c(CC)c3C)c(-c3ccc(NC(=O)c4ccc(/C=C/C(C)=C/C=C/C(C)=C/C=C/C=C(C)/C=C/C=C(C)/C=C/C5=C(C)CCCC5(C)C)cc4)cc3)c3nc(cc4[nH]c(c(CC)c4C)c(-c4ccc(NC(=O)c5ccc6c(c5)C(=O)C5=C(C6=O)C6CC(C(=O)O)C5C6)cc4)c1n2)C(C)=C3CC. The van der Waals surface area contributed by atoms with Gasteiger partial charge in [-0.15, -0.1) is 0 Å². The number of carboxylic acid groups (broad SMARTS) is 1. The number of aryl methyl sites for hydroxylation is 4. The summed E-state index contributed by atoms with van der Waals surface area (Å²) in [7, 11) is 0. The van der Waals surface area contributed by atoms with E-state index in [9.17, 15) is 29.1 Å². The van der Waals surface area contributed by atoms with Crippen LogP contribution < -0.4 is 10.6 Å². The van der Waals surface area contributed by atoms with Gasteiger partial charge in [-0.1, -0.05) is 191 Å². The number of carbonyl (C=O) groups is 5. The maximum atomic E-state index is 14.2. The van der Waals surface area contributed by atoms with Crippen molar-refractivity contribution in [3.63, 3.8) is 0 Å². The number of anilines is 2. The van der Waals surface area contributed by atoms with E-state index in [1.165, 1.54) is 53.2 Å². The topological polar surface area (TPSA) is 187 Å². The minimum atomic E-state index is -0.956. The first-order valence-electron chi connectivity index (χ1n) is 39.4. The van der Waals surface area contributed by atoms with E-state index in [1.54, 1.807) is 12.1 Å². The minimum absolute atomic E-state index is 0.136. The standard InChI is InChI=1S/C99H102N6O6/c1-16-73-61(10)82-54-84-63(12)75(18-3)92(104-84)88(67-41-46-72(47-42-67)101-97(109)69-43-48-77-79(51-69)95(107)89-78-52-70(86(89)94(77)106)53-80(78)98(110)111)93-76(19-4)64(13)85(105-93)55-83-62(11)74(17-2)91(103-83)87(90(73)102-82)66-39-44-71(45-40-66)100-96(108)68-37-35-65(36-38-68)34-32-58(7)29-22-27-56(5)25-20-21-26-57(6)28-23-30-59(8)33-49-81-60(9)31-24-50-99(81,14)15/h20-23,25-30,32-49,51,54-55,70,78,80,102,105H,16-19,24,31,50,52-53H2,1-15H3,(H,100,108)(H,101,109)(H,110,111)/b21-20+,27-22+,28-23+,34-32+,49-33+,56-25+,57-26+,58-29+,59-30+,82-54?,83-55?,84-54?,85-55?,90-87?,91-87?,92-88?,93-88?. The number of rotatable bonds is 21. The third-order valence-corrected chi connectivity index (χ3v) is 23.6. The quantitative estimate of drug-likeness (QED) is 0.0440. The van der Waals surface area contributed by atoms with Gasteiger partial charge in [-0.05, 0) is 265 Å². The summed E-state index contributed by atoms with van der Waals surface area (Å²) in [6.07, 6.45) is 37.2. The number of nitrogens with one attached hydrogen (secondary N) is 4. The zero-order valence-corrected chi connectivity index (χ0v) is 66.9. The van der Waals surface area contributed by atoms with Crippen LogP contribution >= 0.6 is 0 Å². The fraction of sp³-hybridized carbons (Fsp3) is 0.283. The van der Waals surface area contributed by atoms with Crippen LogP contribution in [0.4, 0.5) is 11.4 Å². The fourth-order valence-corrected chi connectivity index (χ4v) is 17.4. The number of amides is 2. The molecule has 13 rings (SSSR count). The van der Waals surface area contributed by atoms with Gasteiger partial charge in [-0.2, -0.15) is 0 Å². The Morgan fingerprint density at radius 3 is 1.50 bits per heavy atom. The predicted octanol–water partition coefficient (Wildman–Crippen LogP) is 24.5. The molecule has 4 aromatic carbocycles. The average molecular weight is 1470 g/mol. The zero-order chi connectivity index (χ0) is 78.9. The summed E-state index contributed by atoms with van der Waals surface area (Å²) in [5.74, 6) is -3.68. The first-order chi connectivity index (χ1) is 53.3. The summed E-state index contributed by atoms with van der Waals surface area (Å²) >= 11 is 0. The Balaban J connectivity index is 0.735. The number of fused-ring (bicyclic) bond motifs is 13. The Morgan fingerprint density at radius 2 is 1.01 bits per heavy atom. The Kier molecular flexibility index (Phi) is 22.7.